The number of hydrogen-bond donors (Lipinski definition) is 0. The second-order valence-corrected chi connectivity index (χ2v) is 14.1. The van der Waals surface area contributed by atoms with Crippen molar-refractivity contribution in [3.8, 4) is 23.0 Å². The summed E-state index contributed by atoms with van der Waals surface area (Å²) in [5.41, 5.74) is 0.767. The third-order valence-electron chi connectivity index (χ3n) is 9.15. The lowest BCUT2D eigenvalue weighted by Crippen LogP contribution is -2.62. The molecule has 0 bridgehead atoms. The molecule has 0 spiro atoms. The molecule has 0 saturated heterocycles. The quantitative estimate of drug-likeness (QED) is 0.275. The number of likely N-dealkylation sites (N-methyl/N-ethyl adjacent to an activating group) is 1. The molecule has 3 aliphatic rings. The maximum atomic E-state index is 15.6. The Labute approximate surface area is 283 Å². The van der Waals surface area contributed by atoms with Crippen LogP contribution < -0.4 is 23.3 Å². The van der Waals surface area contributed by atoms with E-state index in [0.29, 0.717) is 28.4 Å². The van der Waals surface area contributed by atoms with Gasteiger partial charge in [-0.2, -0.15) is 0 Å². The van der Waals surface area contributed by atoms with Crippen LogP contribution in [0.15, 0.2) is 83.8 Å². The number of sulfonamides is 1. The number of anilines is 1. The second-order valence-electron chi connectivity index (χ2n) is 11.9. The van der Waals surface area contributed by atoms with Crippen molar-refractivity contribution in [1.82, 2.24) is 9.80 Å². The lowest BCUT2D eigenvalue weighted by Gasteiger charge is -2.47. The van der Waals surface area contributed by atoms with Crippen LogP contribution >= 0.6 is 11.6 Å². The molecule has 0 N–H and O–H groups in total. The number of rotatable bonds is 7. The molecule has 7 rings (SSSR count). The molecule has 248 valence electrons. The van der Waals surface area contributed by atoms with Gasteiger partial charge in [-0.15, -0.1) is 0 Å². The van der Waals surface area contributed by atoms with Crippen LogP contribution in [0.3, 0.4) is 0 Å². The summed E-state index contributed by atoms with van der Waals surface area (Å²) in [6, 6.07) is 20.8. The van der Waals surface area contributed by atoms with Crippen molar-refractivity contribution in [2.45, 2.75) is 29.4 Å². The molecule has 0 aromatic heterocycles. The number of fused-ring (bicyclic) bond motifs is 3. The molecule has 4 aromatic carbocycles. The Kier molecular flexibility index (Phi) is 7.77. The maximum Gasteiger partial charge on any atom is 0.274 e. The number of carbonyl (C=O) groups is 2. The first-order valence-corrected chi connectivity index (χ1v) is 16.9. The van der Waals surface area contributed by atoms with Gasteiger partial charge in [0.25, 0.3) is 15.9 Å². The van der Waals surface area contributed by atoms with Gasteiger partial charge in [0, 0.05) is 37.3 Å². The Bertz CT molecular complexity index is 2090. The van der Waals surface area contributed by atoms with Crippen molar-refractivity contribution in [2.75, 3.05) is 39.4 Å². The van der Waals surface area contributed by atoms with Crippen LogP contribution in [0.25, 0.3) is 0 Å². The number of carbonyl (C=O) groups excluding carboxylic acids is 2. The molecule has 2 atom stereocenters. The van der Waals surface area contributed by atoms with E-state index in [9.17, 15) is 13.2 Å². The smallest absolute Gasteiger partial charge is 0.274 e. The molecule has 3 heterocycles. The van der Waals surface area contributed by atoms with Gasteiger partial charge in [0.1, 0.15) is 16.4 Å². The summed E-state index contributed by atoms with van der Waals surface area (Å²) in [7, 11) is 1.46. The van der Waals surface area contributed by atoms with E-state index in [0.717, 1.165) is 15.4 Å². The first-order chi connectivity index (χ1) is 23.0. The van der Waals surface area contributed by atoms with Gasteiger partial charge in [-0.3, -0.25) is 14.5 Å². The normalized spacial score (nSPS) is 19.9. The fourth-order valence-corrected chi connectivity index (χ4v) is 8.68. The highest BCUT2D eigenvalue weighted by Gasteiger charge is 2.62. The second kappa shape index (κ2) is 11.7. The van der Waals surface area contributed by atoms with Crippen LogP contribution in [0.2, 0.25) is 5.02 Å². The fourth-order valence-electron chi connectivity index (χ4n) is 6.91. The first-order valence-electron chi connectivity index (χ1n) is 15.1. The summed E-state index contributed by atoms with van der Waals surface area (Å²) >= 11 is 6.66. The van der Waals surface area contributed by atoms with E-state index >= 15 is 4.79 Å². The Hall–Kier alpha value is -4.78. The van der Waals surface area contributed by atoms with E-state index in [1.54, 1.807) is 43.3 Å². The van der Waals surface area contributed by atoms with Gasteiger partial charge >= 0.3 is 0 Å². The van der Waals surface area contributed by atoms with Gasteiger partial charge < -0.3 is 23.8 Å². The zero-order valence-electron chi connectivity index (χ0n) is 26.6. The van der Waals surface area contributed by atoms with Crippen LogP contribution in [0.1, 0.15) is 22.3 Å². The van der Waals surface area contributed by atoms with Crippen molar-refractivity contribution >= 4 is 39.1 Å². The minimum absolute atomic E-state index is 0.00851. The minimum Gasteiger partial charge on any atom is -0.497 e. The number of ether oxygens (including phenoxy) is 4. The molecule has 1 unspecified atom stereocenters. The predicted molar refractivity (Wildman–Crippen MR) is 177 cm³/mol. The molecule has 48 heavy (non-hydrogen) atoms. The van der Waals surface area contributed by atoms with Gasteiger partial charge in [-0.05, 0) is 65.6 Å². The summed E-state index contributed by atoms with van der Waals surface area (Å²) in [6.45, 7) is 0.130. The Balaban J connectivity index is 1.54. The van der Waals surface area contributed by atoms with Crippen LogP contribution in [0, 0.1) is 0 Å². The number of nitrogens with zero attached hydrogens (tertiary/aromatic N) is 3. The van der Waals surface area contributed by atoms with Gasteiger partial charge in [0.15, 0.2) is 17.0 Å². The van der Waals surface area contributed by atoms with Crippen molar-refractivity contribution in [2.24, 2.45) is 0 Å². The third-order valence-corrected chi connectivity index (χ3v) is 11.1. The molecular weight excluding hydrogens is 658 g/mol. The number of halogens is 1. The standard InChI is InChI=1S/C35H32ClN3O8S/c1-37(2)33(40)28-15-21-7-5-6-8-22(21)19-38(28)35(23-9-13-29-30(16-23)47-20-46-29)26-17-24(36)10-12-27(26)39(34(35)41)48(42,43)32-14-11-25(44-3)18-31(32)45-4/h5-14,16-18,28H,15,19-20H2,1-4H3/t28-,35?/m0/s1. The highest BCUT2D eigenvalue weighted by Crippen LogP contribution is 2.55. The third kappa shape index (κ3) is 4.69. The Morgan fingerprint density at radius 2 is 1.69 bits per heavy atom. The number of amides is 2. The van der Waals surface area contributed by atoms with E-state index < -0.39 is 27.5 Å². The molecule has 2 amide bonds. The number of benzene rings is 4. The van der Waals surface area contributed by atoms with Crippen molar-refractivity contribution < 1.29 is 37.0 Å². The lowest BCUT2D eigenvalue weighted by molar-refractivity contribution is -0.141. The summed E-state index contributed by atoms with van der Waals surface area (Å²) in [5.74, 6) is 0.159. The lowest BCUT2D eigenvalue weighted by atomic mass is 9.78. The van der Waals surface area contributed by atoms with E-state index in [4.69, 9.17) is 30.5 Å². The van der Waals surface area contributed by atoms with Crippen molar-refractivity contribution in [3.63, 3.8) is 0 Å². The van der Waals surface area contributed by atoms with E-state index in [2.05, 4.69) is 0 Å². The average Bonchev–Trinajstić information content (AvgIpc) is 3.66. The van der Waals surface area contributed by atoms with E-state index in [1.807, 2.05) is 24.3 Å². The van der Waals surface area contributed by atoms with Gasteiger partial charge in [-0.25, -0.2) is 12.7 Å². The van der Waals surface area contributed by atoms with E-state index in [1.165, 1.54) is 49.5 Å². The summed E-state index contributed by atoms with van der Waals surface area (Å²) in [5, 5.41) is 0.279. The molecule has 4 aromatic rings. The minimum atomic E-state index is -4.64. The van der Waals surface area contributed by atoms with Crippen LogP contribution in [-0.2, 0) is 38.1 Å². The predicted octanol–water partition coefficient (Wildman–Crippen LogP) is 4.58. The van der Waals surface area contributed by atoms with Crippen molar-refractivity contribution in [3.05, 3.63) is 106 Å². The summed E-state index contributed by atoms with van der Waals surface area (Å²) < 4.78 is 52.5. The molecule has 0 radical (unpaired) electrons. The molecule has 3 aliphatic heterocycles. The van der Waals surface area contributed by atoms with Crippen LogP contribution in [0.4, 0.5) is 5.69 Å². The Morgan fingerprint density at radius 1 is 0.938 bits per heavy atom. The SMILES string of the molecule is COc1ccc(S(=O)(=O)N2C(=O)C(c3ccc4c(c3)OCO4)(N3Cc4ccccc4C[C@H]3C(=O)N(C)C)c3cc(Cl)ccc32)c(OC)c1. The number of hydrogen-bond acceptors (Lipinski definition) is 9. The molecule has 13 heteroatoms. The van der Waals surface area contributed by atoms with Gasteiger partial charge in [0.05, 0.1) is 25.9 Å². The summed E-state index contributed by atoms with van der Waals surface area (Å²) in [4.78, 5) is 32.7. The van der Waals surface area contributed by atoms with Crippen molar-refractivity contribution in [1.29, 1.82) is 0 Å². The highest BCUT2D eigenvalue weighted by molar-refractivity contribution is 7.93. The largest absolute Gasteiger partial charge is 0.497 e. The molecule has 0 aliphatic carbocycles. The van der Waals surface area contributed by atoms with Gasteiger partial charge in [-0.1, -0.05) is 41.9 Å². The zero-order chi connectivity index (χ0) is 34.0. The highest BCUT2D eigenvalue weighted by atomic mass is 35.5. The number of methoxy groups -OCH3 is 2. The van der Waals surface area contributed by atoms with Crippen LogP contribution in [-0.4, -0.2) is 71.2 Å². The monoisotopic (exact) mass is 689 g/mol. The average molecular weight is 690 g/mol. The first kappa shape index (κ1) is 31.8. The Morgan fingerprint density at radius 3 is 2.42 bits per heavy atom. The van der Waals surface area contributed by atoms with Gasteiger partial charge in [0.2, 0.25) is 12.7 Å². The molecule has 0 fully saturated rings. The molecule has 11 nitrogen and oxygen atoms in total. The maximum absolute atomic E-state index is 15.6. The molecular formula is C35H32ClN3O8S. The summed E-state index contributed by atoms with van der Waals surface area (Å²) in [6.07, 6.45) is 0.279. The van der Waals surface area contributed by atoms with E-state index in [-0.39, 0.29) is 47.0 Å². The molecule has 0 saturated carbocycles. The zero-order valence-corrected chi connectivity index (χ0v) is 28.2. The van der Waals surface area contributed by atoms with Crippen LogP contribution in [0.5, 0.6) is 23.0 Å². The fraction of sp³-hybridized carbons (Fsp3) is 0.257. The topological polar surface area (TPSA) is 115 Å².